The summed E-state index contributed by atoms with van der Waals surface area (Å²) >= 11 is 10.8. The number of nitrogens with one attached hydrogen (secondary N) is 1. The number of thiophene rings is 1. The third-order valence-corrected chi connectivity index (χ3v) is 3.86. The smallest absolute Gasteiger partial charge is 0.248 e. The lowest BCUT2D eigenvalue weighted by Crippen LogP contribution is -2.08. The fourth-order valence-electron chi connectivity index (χ4n) is 1.31. The van der Waals surface area contributed by atoms with Crippen molar-refractivity contribution in [2.45, 2.75) is 0 Å². The summed E-state index contributed by atoms with van der Waals surface area (Å²) in [6.07, 6.45) is 3.29. The first-order valence-electron chi connectivity index (χ1n) is 5.13. The summed E-state index contributed by atoms with van der Waals surface area (Å²) < 4.78 is 0.757. The summed E-state index contributed by atoms with van der Waals surface area (Å²) in [4.78, 5) is 12.7. The third kappa shape index (κ3) is 3.70. The molecule has 2 aromatic rings. The largest absolute Gasteiger partial charge is 0.321 e. The van der Waals surface area contributed by atoms with Crippen molar-refractivity contribution in [3.8, 4) is 0 Å². The third-order valence-electron chi connectivity index (χ3n) is 2.13. The van der Waals surface area contributed by atoms with Crippen molar-refractivity contribution in [2.24, 2.45) is 0 Å². The Balaban J connectivity index is 2.03. The summed E-state index contributed by atoms with van der Waals surface area (Å²) in [5.41, 5.74) is 0.695. The zero-order valence-corrected chi connectivity index (χ0v) is 12.3. The Kier molecular flexibility index (Phi) is 4.58. The van der Waals surface area contributed by atoms with Crippen LogP contribution in [0.2, 0.25) is 5.02 Å². The van der Waals surface area contributed by atoms with Gasteiger partial charge in [0.15, 0.2) is 0 Å². The highest BCUT2D eigenvalue weighted by atomic mass is 79.9. The van der Waals surface area contributed by atoms with E-state index in [2.05, 4.69) is 21.2 Å². The second-order valence-electron chi connectivity index (χ2n) is 3.46. The van der Waals surface area contributed by atoms with Crippen LogP contribution < -0.4 is 5.32 Å². The van der Waals surface area contributed by atoms with Crippen LogP contribution in [0.5, 0.6) is 0 Å². The van der Waals surface area contributed by atoms with E-state index in [0.717, 1.165) is 9.35 Å². The minimum Gasteiger partial charge on any atom is -0.321 e. The van der Waals surface area contributed by atoms with Gasteiger partial charge in [-0.3, -0.25) is 4.79 Å². The molecule has 1 heterocycles. The molecule has 1 N–H and O–H groups in total. The normalized spacial score (nSPS) is 10.8. The highest BCUT2D eigenvalue weighted by molar-refractivity contribution is 9.10. The van der Waals surface area contributed by atoms with Crippen LogP contribution in [0.1, 0.15) is 4.88 Å². The summed E-state index contributed by atoms with van der Waals surface area (Å²) in [6, 6.07) is 9.11. The van der Waals surface area contributed by atoms with Crippen LogP contribution in [0.15, 0.2) is 46.3 Å². The SMILES string of the molecule is O=C(/C=C/c1cccs1)Nc1ccc(Cl)cc1Br. The number of anilines is 1. The molecule has 0 spiro atoms. The van der Waals surface area contributed by atoms with Gasteiger partial charge in [0.05, 0.1) is 5.69 Å². The Morgan fingerprint density at radius 2 is 2.22 bits per heavy atom. The lowest BCUT2D eigenvalue weighted by atomic mass is 10.3. The monoisotopic (exact) mass is 341 g/mol. The van der Waals surface area contributed by atoms with E-state index in [0.29, 0.717) is 10.7 Å². The molecule has 0 atom stereocenters. The highest BCUT2D eigenvalue weighted by Gasteiger charge is 2.03. The van der Waals surface area contributed by atoms with E-state index in [9.17, 15) is 4.79 Å². The molecule has 1 aromatic heterocycles. The average molecular weight is 343 g/mol. The number of amides is 1. The predicted octanol–water partition coefficient (Wildman–Crippen LogP) is 4.82. The molecular weight excluding hydrogens is 334 g/mol. The molecule has 0 aliphatic carbocycles. The van der Waals surface area contributed by atoms with E-state index in [1.165, 1.54) is 6.08 Å². The van der Waals surface area contributed by atoms with E-state index in [1.807, 2.05) is 17.5 Å². The molecule has 0 aliphatic rings. The summed E-state index contributed by atoms with van der Waals surface area (Å²) in [6.45, 7) is 0. The molecule has 0 fully saturated rings. The van der Waals surface area contributed by atoms with Crippen molar-refractivity contribution in [1.29, 1.82) is 0 Å². The van der Waals surface area contributed by atoms with Crippen LogP contribution in [0, 0.1) is 0 Å². The molecule has 18 heavy (non-hydrogen) atoms. The zero-order chi connectivity index (χ0) is 13.0. The summed E-state index contributed by atoms with van der Waals surface area (Å²) in [5, 5.41) is 5.36. The number of rotatable bonds is 3. The fraction of sp³-hybridized carbons (Fsp3) is 0. The molecule has 92 valence electrons. The molecule has 0 unspecified atom stereocenters. The summed E-state index contributed by atoms with van der Waals surface area (Å²) in [5.74, 6) is -0.175. The average Bonchev–Trinajstić information content (AvgIpc) is 2.83. The molecule has 2 rings (SSSR count). The second kappa shape index (κ2) is 6.18. The first-order valence-corrected chi connectivity index (χ1v) is 7.18. The van der Waals surface area contributed by atoms with Gasteiger partial charge in [-0.05, 0) is 51.7 Å². The Morgan fingerprint density at radius 1 is 1.39 bits per heavy atom. The van der Waals surface area contributed by atoms with E-state index in [1.54, 1.807) is 35.6 Å². The molecule has 1 amide bonds. The number of halogens is 2. The summed E-state index contributed by atoms with van der Waals surface area (Å²) in [7, 11) is 0. The van der Waals surface area contributed by atoms with Crippen LogP contribution in [0.25, 0.3) is 6.08 Å². The topological polar surface area (TPSA) is 29.1 Å². The van der Waals surface area contributed by atoms with Crippen LogP contribution in [-0.2, 0) is 4.79 Å². The molecular formula is C13H9BrClNOS. The molecule has 0 bridgehead atoms. The minimum atomic E-state index is -0.175. The standard InChI is InChI=1S/C13H9BrClNOS/c14-11-8-9(15)3-5-12(11)16-13(17)6-4-10-2-1-7-18-10/h1-8H,(H,16,17)/b6-4+. The van der Waals surface area contributed by atoms with Crippen molar-refractivity contribution in [3.63, 3.8) is 0 Å². The fourth-order valence-corrected chi connectivity index (χ4v) is 2.71. The maximum Gasteiger partial charge on any atom is 0.248 e. The van der Waals surface area contributed by atoms with Gasteiger partial charge in [-0.2, -0.15) is 0 Å². The van der Waals surface area contributed by atoms with E-state index < -0.39 is 0 Å². The van der Waals surface area contributed by atoms with Gasteiger partial charge in [0.1, 0.15) is 0 Å². The Labute approximate surface area is 122 Å². The number of hydrogen-bond acceptors (Lipinski definition) is 2. The lowest BCUT2D eigenvalue weighted by Gasteiger charge is -2.04. The minimum absolute atomic E-state index is 0.175. The Hall–Kier alpha value is -1.10. The second-order valence-corrected chi connectivity index (χ2v) is 5.73. The van der Waals surface area contributed by atoms with Gasteiger partial charge in [0, 0.05) is 20.4 Å². The number of carbonyl (C=O) groups excluding carboxylic acids is 1. The van der Waals surface area contributed by atoms with Crippen LogP contribution in [0.4, 0.5) is 5.69 Å². The lowest BCUT2D eigenvalue weighted by molar-refractivity contribution is -0.111. The maximum atomic E-state index is 11.7. The molecule has 2 nitrogen and oxygen atoms in total. The molecule has 0 aliphatic heterocycles. The number of benzene rings is 1. The van der Waals surface area contributed by atoms with Gasteiger partial charge in [0.25, 0.3) is 0 Å². The Bertz CT molecular complexity index is 581. The van der Waals surface area contributed by atoms with Gasteiger partial charge in [-0.1, -0.05) is 17.7 Å². The van der Waals surface area contributed by atoms with Gasteiger partial charge >= 0.3 is 0 Å². The molecule has 0 saturated carbocycles. The Morgan fingerprint density at radius 3 is 2.89 bits per heavy atom. The van der Waals surface area contributed by atoms with E-state index in [4.69, 9.17) is 11.6 Å². The quantitative estimate of drug-likeness (QED) is 0.796. The first kappa shape index (κ1) is 13.3. The van der Waals surface area contributed by atoms with Crippen LogP contribution in [0.3, 0.4) is 0 Å². The van der Waals surface area contributed by atoms with Crippen molar-refractivity contribution < 1.29 is 4.79 Å². The number of carbonyl (C=O) groups is 1. The molecule has 1 aromatic carbocycles. The van der Waals surface area contributed by atoms with E-state index in [-0.39, 0.29) is 5.91 Å². The maximum absolute atomic E-state index is 11.7. The molecule has 5 heteroatoms. The first-order chi connectivity index (χ1) is 8.65. The van der Waals surface area contributed by atoms with Gasteiger partial charge < -0.3 is 5.32 Å². The van der Waals surface area contributed by atoms with E-state index >= 15 is 0 Å². The predicted molar refractivity (Wildman–Crippen MR) is 81.1 cm³/mol. The van der Waals surface area contributed by atoms with Crippen molar-refractivity contribution in [3.05, 3.63) is 56.2 Å². The van der Waals surface area contributed by atoms with Crippen molar-refractivity contribution >= 4 is 56.5 Å². The molecule has 0 saturated heterocycles. The van der Waals surface area contributed by atoms with Gasteiger partial charge in [0.2, 0.25) is 5.91 Å². The molecule has 0 radical (unpaired) electrons. The highest BCUT2D eigenvalue weighted by Crippen LogP contribution is 2.25. The van der Waals surface area contributed by atoms with Gasteiger partial charge in [-0.25, -0.2) is 0 Å². The van der Waals surface area contributed by atoms with Crippen LogP contribution in [-0.4, -0.2) is 5.91 Å². The van der Waals surface area contributed by atoms with Crippen LogP contribution >= 0.6 is 38.9 Å². The van der Waals surface area contributed by atoms with Crippen molar-refractivity contribution in [1.82, 2.24) is 0 Å². The number of hydrogen-bond donors (Lipinski definition) is 1. The van der Waals surface area contributed by atoms with Crippen molar-refractivity contribution in [2.75, 3.05) is 5.32 Å². The zero-order valence-electron chi connectivity index (χ0n) is 9.19. The van der Waals surface area contributed by atoms with Gasteiger partial charge in [-0.15, -0.1) is 11.3 Å².